The molecule has 4 heteroatoms. The van der Waals surface area contributed by atoms with Gasteiger partial charge in [-0.25, -0.2) is 14.4 Å². The summed E-state index contributed by atoms with van der Waals surface area (Å²) in [5.41, 5.74) is 4.37. The maximum Gasteiger partial charge on any atom is 0.159 e. The average Bonchev–Trinajstić information content (AvgIpc) is 2.93. The second kappa shape index (κ2) is 15.4. The van der Waals surface area contributed by atoms with Gasteiger partial charge in [0.15, 0.2) is 5.82 Å². The van der Waals surface area contributed by atoms with E-state index in [9.17, 15) is 4.39 Å². The normalized spacial score (nSPS) is 12.9. The minimum absolute atomic E-state index is 0.00560. The standard InChI is InChI=1S/C32H43FN2O/c1-4-6-7-8-9-10-11-12-13-26-14-16-28(17-15-26)32-34-22-29(23-35-32)27-18-20-30(21-19-27)36-24-31(33)25(3)5-2/h14-23,25,31H,4-13,24H2,1-3H3. The maximum absolute atomic E-state index is 14.0. The van der Waals surface area contributed by atoms with Gasteiger partial charge in [-0.3, -0.25) is 0 Å². The van der Waals surface area contributed by atoms with Crippen LogP contribution in [0.1, 0.15) is 84.1 Å². The lowest BCUT2D eigenvalue weighted by atomic mass is 10.0. The first-order valence-electron chi connectivity index (χ1n) is 13.9. The van der Waals surface area contributed by atoms with Crippen molar-refractivity contribution in [2.75, 3.05) is 6.61 Å². The van der Waals surface area contributed by atoms with Crippen LogP contribution >= 0.6 is 0 Å². The Morgan fingerprint density at radius 2 is 1.31 bits per heavy atom. The van der Waals surface area contributed by atoms with Crippen LogP contribution in [0.5, 0.6) is 5.75 Å². The van der Waals surface area contributed by atoms with E-state index in [1.54, 1.807) is 0 Å². The predicted molar refractivity (Wildman–Crippen MR) is 149 cm³/mol. The van der Waals surface area contributed by atoms with Crippen molar-refractivity contribution in [3.05, 3.63) is 66.5 Å². The molecule has 0 aliphatic rings. The van der Waals surface area contributed by atoms with Crippen molar-refractivity contribution in [2.24, 2.45) is 5.92 Å². The van der Waals surface area contributed by atoms with Crippen LogP contribution in [0.25, 0.3) is 22.5 Å². The molecule has 1 heterocycles. The quantitative estimate of drug-likeness (QED) is 0.188. The van der Waals surface area contributed by atoms with E-state index in [1.807, 2.05) is 50.5 Å². The Balaban J connectivity index is 1.46. The molecular weight excluding hydrogens is 447 g/mol. The Kier molecular flexibility index (Phi) is 11.9. The van der Waals surface area contributed by atoms with Gasteiger partial charge >= 0.3 is 0 Å². The number of nitrogens with zero attached hydrogens (tertiary/aromatic N) is 2. The summed E-state index contributed by atoms with van der Waals surface area (Å²) in [4.78, 5) is 9.18. The number of aromatic nitrogens is 2. The van der Waals surface area contributed by atoms with E-state index in [4.69, 9.17) is 4.74 Å². The van der Waals surface area contributed by atoms with Gasteiger partial charge in [-0.05, 0) is 42.0 Å². The van der Waals surface area contributed by atoms with Crippen molar-refractivity contribution in [3.63, 3.8) is 0 Å². The Labute approximate surface area is 217 Å². The van der Waals surface area contributed by atoms with Gasteiger partial charge in [-0.15, -0.1) is 0 Å². The first-order valence-corrected chi connectivity index (χ1v) is 13.9. The molecule has 3 aromatic rings. The maximum atomic E-state index is 14.0. The molecule has 0 radical (unpaired) electrons. The molecule has 0 aliphatic heterocycles. The van der Waals surface area contributed by atoms with Gasteiger partial charge in [0.25, 0.3) is 0 Å². The molecule has 0 saturated carbocycles. The number of hydrogen-bond donors (Lipinski definition) is 0. The minimum atomic E-state index is -0.949. The molecule has 0 bridgehead atoms. The molecule has 2 atom stereocenters. The summed E-state index contributed by atoms with van der Waals surface area (Å²) >= 11 is 0. The highest BCUT2D eigenvalue weighted by molar-refractivity contribution is 5.64. The van der Waals surface area contributed by atoms with Crippen LogP contribution in [-0.2, 0) is 6.42 Å². The SMILES string of the molecule is CCCCCCCCCCc1ccc(-c2ncc(-c3ccc(OCC(F)C(C)CC)cc3)cn2)cc1. The van der Waals surface area contributed by atoms with Crippen molar-refractivity contribution in [1.82, 2.24) is 9.97 Å². The summed E-state index contributed by atoms with van der Waals surface area (Å²) in [6, 6.07) is 16.3. The minimum Gasteiger partial charge on any atom is -0.491 e. The van der Waals surface area contributed by atoms with E-state index in [0.717, 1.165) is 35.4 Å². The Hall–Kier alpha value is -2.75. The van der Waals surface area contributed by atoms with Crippen LogP contribution in [0.15, 0.2) is 60.9 Å². The summed E-state index contributed by atoms with van der Waals surface area (Å²) in [6.45, 7) is 6.26. The smallest absolute Gasteiger partial charge is 0.159 e. The van der Waals surface area contributed by atoms with E-state index >= 15 is 0 Å². The van der Waals surface area contributed by atoms with Crippen LogP contribution in [-0.4, -0.2) is 22.7 Å². The van der Waals surface area contributed by atoms with Crippen molar-refractivity contribution in [1.29, 1.82) is 0 Å². The molecule has 0 amide bonds. The summed E-state index contributed by atoms with van der Waals surface area (Å²) in [5.74, 6) is 1.41. The van der Waals surface area contributed by atoms with Crippen molar-refractivity contribution >= 4 is 0 Å². The molecule has 36 heavy (non-hydrogen) atoms. The van der Waals surface area contributed by atoms with Gasteiger partial charge in [0.05, 0.1) is 0 Å². The van der Waals surface area contributed by atoms with E-state index in [-0.39, 0.29) is 12.5 Å². The fourth-order valence-electron chi connectivity index (χ4n) is 4.25. The zero-order valence-electron chi connectivity index (χ0n) is 22.4. The first kappa shape index (κ1) is 27.8. The van der Waals surface area contributed by atoms with Gasteiger partial charge < -0.3 is 4.74 Å². The summed E-state index contributed by atoms with van der Waals surface area (Å²) in [5, 5.41) is 0. The number of benzene rings is 2. The highest BCUT2D eigenvalue weighted by Crippen LogP contribution is 2.24. The molecule has 2 unspecified atom stereocenters. The molecule has 2 aromatic carbocycles. The van der Waals surface area contributed by atoms with E-state index < -0.39 is 6.17 Å². The zero-order valence-corrected chi connectivity index (χ0v) is 22.4. The number of unbranched alkanes of at least 4 members (excludes halogenated alkanes) is 7. The highest BCUT2D eigenvalue weighted by atomic mass is 19.1. The third-order valence-electron chi connectivity index (χ3n) is 7.04. The van der Waals surface area contributed by atoms with E-state index in [1.165, 1.54) is 56.9 Å². The molecule has 0 N–H and O–H groups in total. The van der Waals surface area contributed by atoms with Crippen LogP contribution in [0.4, 0.5) is 4.39 Å². The fraction of sp³-hybridized carbons (Fsp3) is 0.500. The number of ether oxygens (including phenoxy) is 1. The molecule has 0 saturated heterocycles. The second-order valence-corrected chi connectivity index (χ2v) is 9.95. The van der Waals surface area contributed by atoms with Crippen LogP contribution in [0, 0.1) is 5.92 Å². The topological polar surface area (TPSA) is 35.0 Å². The largest absolute Gasteiger partial charge is 0.491 e. The lowest BCUT2D eigenvalue weighted by Crippen LogP contribution is -2.20. The van der Waals surface area contributed by atoms with Gasteiger partial charge in [0.1, 0.15) is 18.5 Å². The lowest BCUT2D eigenvalue weighted by Gasteiger charge is -2.15. The second-order valence-electron chi connectivity index (χ2n) is 9.95. The highest BCUT2D eigenvalue weighted by Gasteiger charge is 2.15. The molecule has 0 fully saturated rings. The molecule has 3 nitrogen and oxygen atoms in total. The molecule has 3 rings (SSSR count). The zero-order chi connectivity index (χ0) is 25.6. The number of rotatable bonds is 16. The van der Waals surface area contributed by atoms with E-state index in [0.29, 0.717) is 5.75 Å². The Morgan fingerprint density at radius 1 is 0.722 bits per heavy atom. The molecular formula is C32H43FN2O. The van der Waals surface area contributed by atoms with Crippen LogP contribution in [0.3, 0.4) is 0 Å². The average molecular weight is 491 g/mol. The van der Waals surface area contributed by atoms with Gasteiger partial charge in [-0.2, -0.15) is 0 Å². The van der Waals surface area contributed by atoms with Crippen molar-refractivity contribution in [2.45, 2.75) is 91.2 Å². The lowest BCUT2D eigenvalue weighted by molar-refractivity contribution is 0.145. The van der Waals surface area contributed by atoms with Gasteiger partial charge in [0, 0.05) is 23.5 Å². The summed E-state index contributed by atoms with van der Waals surface area (Å²) < 4.78 is 19.6. The van der Waals surface area contributed by atoms with Gasteiger partial charge in [0.2, 0.25) is 0 Å². The molecule has 0 aliphatic carbocycles. The van der Waals surface area contributed by atoms with Crippen LogP contribution in [0.2, 0.25) is 0 Å². The Morgan fingerprint density at radius 3 is 1.92 bits per heavy atom. The van der Waals surface area contributed by atoms with E-state index in [2.05, 4.69) is 41.2 Å². The monoisotopic (exact) mass is 490 g/mol. The number of halogens is 1. The Bertz CT molecular complexity index is 986. The third kappa shape index (κ3) is 9.04. The number of alkyl halides is 1. The van der Waals surface area contributed by atoms with Crippen molar-refractivity contribution < 1.29 is 9.13 Å². The fourth-order valence-corrected chi connectivity index (χ4v) is 4.25. The molecule has 194 valence electrons. The molecule has 0 spiro atoms. The molecule has 1 aromatic heterocycles. The predicted octanol–water partition coefficient (Wildman–Crippen LogP) is 9.26. The first-order chi connectivity index (χ1) is 17.6. The number of aryl methyl sites for hydroxylation is 1. The van der Waals surface area contributed by atoms with Gasteiger partial charge in [-0.1, -0.05) is 109 Å². The summed E-state index contributed by atoms with van der Waals surface area (Å²) in [7, 11) is 0. The third-order valence-corrected chi connectivity index (χ3v) is 7.04. The number of hydrogen-bond acceptors (Lipinski definition) is 3. The van der Waals surface area contributed by atoms with Crippen LogP contribution < -0.4 is 4.74 Å². The van der Waals surface area contributed by atoms with Crippen molar-refractivity contribution in [3.8, 4) is 28.3 Å². The summed E-state index contributed by atoms with van der Waals surface area (Å²) in [6.07, 6.45) is 15.5.